The van der Waals surface area contributed by atoms with Gasteiger partial charge in [0.05, 0.1) is 0 Å². The second-order valence-corrected chi connectivity index (χ2v) is 12.9. The fourth-order valence-electron chi connectivity index (χ4n) is 9.51. The van der Waals surface area contributed by atoms with E-state index in [2.05, 4.69) is 59.3 Å². The number of carbonyl (C=O) groups is 1. The van der Waals surface area contributed by atoms with E-state index in [-0.39, 0.29) is 0 Å². The second-order valence-electron chi connectivity index (χ2n) is 12.9. The molecule has 36 heavy (non-hydrogen) atoms. The molecule has 4 aliphatic rings. The van der Waals surface area contributed by atoms with Crippen LogP contribution in [0.1, 0.15) is 112 Å². The van der Waals surface area contributed by atoms with Crippen molar-refractivity contribution in [2.75, 3.05) is 6.54 Å². The second kappa shape index (κ2) is 13.5. The summed E-state index contributed by atoms with van der Waals surface area (Å²) in [5.41, 5.74) is 3.73. The predicted molar refractivity (Wildman–Crippen MR) is 158 cm³/mol. The molecule has 0 spiro atoms. The van der Waals surface area contributed by atoms with Gasteiger partial charge in [0, 0.05) is 18.7 Å². The van der Waals surface area contributed by atoms with E-state index in [1.807, 2.05) is 13.8 Å². The highest BCUT2D eigenvalue weighted by molar-refractivity contribution is 5.49. The van der Waals surface area contributed by atoms with Gasteiger partial charge in [-0.1, -0.05) is 60.3 Å². The molecule has 0 aromatic carbocycles. The SMILES string of the molecule is C=C.C=C1CCC2(C)C(C1)CC(C)C1C2CCC2(C)C(C(C)CCC(=C)NCCC=O)CCC12.CC. The van der Waals surface area contributed by atoms with Gasteiger partial charge in [-0.15, -0.1) is 13.2 Å². The van der Waals surface area contributed by atoms with Crippen LogP contribution in [-0.2, 0) is 4.79 Å². The Balaban J connectivity index is 0.00000109. The average Bonchev–Trinajstić information content (AvgIpc) is 3.23. The maximum atomic E-state index is 10.6. The van der Waals surface area contributed by atoms with Crippen molar-refractivity contribution in [3.63, 3.8) is 0 Å². The molecule has 0 amide bonds. The summed E-state index contributed by atoms with van der Waals surface area (Å²) >= 11 is 0. The van der Waals surface area contributed by atoms with Crippen molar-refractivity contribution in [3.8, 4) is 0 Å². The van der Waals surface area contributed by atoms with Gasteiger partial charge in [-0.2, -0.15) is 0 Å². The normalized spacial score (nSPS) is 39.6. The first kappa shape index (κ1) is 30.9. The van der Waals surface area contributed by atoms with Crippen LogP contribution < -0.4 is 5.32 Å². The topological polar surface area (TPSA) is 29.1 Å². The number of aldehydes is 1. The largest absolute Gasteiger partial charge is 0.388 e. The number of fused-ring (bicyclic) bond motifs is 5. The zero-order chi connectivity index (χ0) is 27.1. The van der Waals surface area contributed by atoms with Crippen LogP contribution in [0.2, 0.25) is 0 Å². The monoisotopic (exact) mass is 497 g/mol. The number of allylic oxidation sites excluding steroid dienone is 2. The van der Waals surface area contributed by atoms with E-state index in [1.165, 1.54) is 63.4 Å². The molecular weight excluding hydrogens is 438 g/mol. The molecule has 206 valence electrons. The van der Waals surface area contributed by atoms with E-state index in [1.54, 1.807) is 0 Å². The first-order valence-corrected chi connectivity index (χ1v) is 15.2. The molecule has 4 saturated carbocycles. The Bertz CT molecular complexity index is 741. The first-order chi connectivity index (χ1) is 17.2. The lowest BCUT2D eigenvalue weighted by molar-refractivity contribution is -0.132. The molecule has 0 saturated heterocycles. The fourth-order valence-corrected chi connectivity index (χ4v) is 9.51. The zero-order valence-electron chi connectivity index (χ0n) is 24.8. The van der Waals surface area contributed by atoms with Gasteiger partial charge in [-0.25, -0.2) is 0 Å². The van der Waals surface area contributed by atoms with Gasteiger partial charge in [-0.3, -0.25) is 0 Å². The van der Waals surface area contributed by atoms with Gasteiger partial charge < -0.3 is 10.1 Å². The van der Waals surface area contributed by atoms with Crippen LogP contribution >= 0.6 is 0 Å². The molecule has 2 nitrogen and oxygen atoms in total. The third-order valence-electron chi connectivity index (χ3n) is 11.3. The molecule has 4 fully saturated rings. The Labute approximate surface area is 224 Å². The number of rotatable bonds is 8. The molecule has 0 aromatic rings. The minimum Gasteiger partial charge on any atom is -0.388 e. The summed E-state index contributed by atoms with van der Waals surface area (Å²) in [7, 11) is 0. The van der Waals surface area contributed by atoms with Crippen molar-refractivity contribution in [3.05, 3.63) is 37.6 Å². The predicted octanol–water partition coefficient (Wildman–Crippen LogP) is 9.38. The van der Waals surface area contributed by atoms with Crippen LogP contribution in [0, 0.1) is 52.3 Å². The van der Waals surface area contributed by atoms with Crippen molar-refractivity contribution in [1.82, 2.24) is 5.32 Å². The maximum absolute atomic E-state index is 10.6. The van der Waals surface area contributed by atoms with Gasteiger partial charge >= 0.3 is 0 Å². The summed E-state index contributed by atoms with van der Waals surface area (Å²) in [6.07, 6.45) is 15.0. The Morgan fingerprint density at radius 1 is 1.11 bits per heavy atom. The van der Waals surface area contributed by atoms with Crippen molar-refractivity contribution < 1.29 is 4.79 Å². The summed E-state index contributed by atoms with van der Waals surface area (Å²) in [5, 5.41) is 3.34. The van der Waals surface area contributed by atoms with Crippen molar-refractivity contribution in [1.29, 1.82) is 0 Å². The summed E-state index contributed by atoms with van der Waals surface area (Å²) in [4.78, 5) is 10.6. The van der Waals surface area contributed by atoms with Crippen LogP contribution in [-0.4, -0.2) is 12.8 Å². The van der Waals surface area contributed by atoms with Crippen LogP contribution in [0.4, 0.5) is 0 Å². The smallest absolute Gasteiger partial charge is 0.121 e. The summed E-state index contributed by atoms with van der Waals surface area (Å²) in [6.45, 7) is 29.8. The summed E-state index contributed by atoms with van der Waals surface area (Å²) in [5.74, 6) is 6.20. The standard InChI is InChI=1S/C30H49NO.C2H6.C2H4/c1-20-12-14-29(5)24(18-20)19-22(3)28-26-11-10-25(30(26,6)15-13-27(28)29)21(2)8-9-23(4)31-16-7-17-32;2*1-2/h17,21-22,24-28,31H,1,4,7-16,18-19H2,2-3,5-6H3;1-2H3;1-2H2. The molecule has 1 N–H and O–H groups in total. The third-order valence-corrected chi connectivity index (χ3v) is 11.3. The highest BCUT2D eigenvalue weighted by Gasteiger charge is 2.61. The lowest BCUT2D eigenvalue weighted by Gasteiger charge is -2.63. The minimum absolute atomic E-state index is 0.530. The van der Waals surface area contributed by atoms with Crippen LogP contribution in [0.15, 0.2) is 37.6 Å². The van der Waals surface area contributed by atoms with Gasteiger partial charge in [0.15, 0.2) is 0 Å². The number of hydrogen-bond donors (Lipinski definition) is 1. The Kier molecular flexibility index (Phi) is 11.6. The molecule has 9 atom stereocenters. The van der Waals surface area contributed by atoms with Crippen molar-refractivity contribution >= 4 is 6.29 Å². The molecule has 4 rings (SSSR count). The third kappa shape index (κ3) is 6.05. The van der Waals surface area contributed by atoms with Gasteiger partial charge in [0.1, 0.15) is 6.29 Å². The lowest BCUT2D eigenvalue weighted by atomic mass is 9.42. The van der Waals surface area contributed by atoms with E-state index < -0.39 is 0 Å². The van der Waals surface area contributed by atoms with Gasteiger partial charge in [0.25, 0.3) is 0 Å². The van der Waals surface area contributed by atoms with Crippen molar-refractivity contribution in [2.45, 2.75) is 112 Å². The summed E-state index contributed by atoms with van der Waals surface area (Å²) in [6, 6.07) is 0. The molecule has 0 heterocycles. The van der Waals surface area contributed by atoms with E-state index in [4.69, 9.17) is 0 Å². The zero-order valence-corrected chi connectivity index (χ0v) is 24.8. The lowest BCUT2D eigenvalue weighted by Crippen LogP contribution is -2.55. The summed E-state index contributed by atoms with van der Waals surface area (Å²) < 4.78 is 0. The Morgan fingerprint density at radius 2 is 1.78 bits per heavy atom. The molecule has 0 bridgehead atoms. The first-order valence-electron chi connectivity index (χ1n) is 15.2. The molecule has 4 aliphatic carbocycles. The van der Waals surface area contributed by atoms with Crippen LogP contribution in [0.25, 0.3) is 0 Å². The minimum atomic E-state index is 0.530. The molecular formula is C34H59NO. The van der Waals surface area contributed by atoms with Gasteiger partial charge in [-0.05, 0) is 116 Å². The van der Waals surface area contributed by atoms with Crippen molar-refractivity contribution in [2.24, 2.45) is 52.3 Å². The highest BCUT2D eigenvalue weighted by Crippen LogP contribution is 2.69. The maximum Gasteiger partial charge on any atom is 0.121 e. The molecule has 0 aliphatic heterocycles. The number of nitrogens with one attached hydrogen (secondary N) is 1. The quantitative estimate of drug-likeness (QED) is 0.205. The Hall–Kier alpha value is -1.31. The fraction of sp³-hybridized carbons (Fsp3) is 0.794. The number of carbonyl (C=O) groups excluding carboxylic acids is 1. The van der Waals surface area contributed by atoms with Crippen LogP contribution in [0.3, 0.4) is 0 Å². The van der Waals surface area contributed by atoms with E-state index in [0.717, 1.165) is 66.4 Å². The highest BCUT2D eigenvalue weighted by atomic mass is 16.1. The molecule has 2 heteroatoms. The molecule has 0 radical (unpaired) electrons. The van der Waals surface area contributed by atoms with Gasteiger partial charge in [0.2, 0.25) is 0 Å². The van der Waals surface area contributed by atoms with Crippen LogP contribution in [0.5, 0.6) is 0 Å². The average molecular weight is 498 g/mol. The number of hydrogen-bond acceptors (Lipinski definition) is 2. The van der Waals surface area contributed by atoms with E-state index >= 15 is 0 Å². The van der Waals surface area contributed by atoms with E-state index in [9.17, 15) is 4.79 Å². The molecule has 0 aromatic heterocycles. The Morgan fingerprint density at radius 3 is 2.44 bits per heavy atom. The van der Waals surface area contributed by atoms with E-state index in [0.29, 0.717) is 17.3 Å². The molecule has 9 unspecified atom stereocenters.